The first-order valence-electron chi connectivity index (χ1n) is 7.71. The molecule has 0 unspecified atom stereocenters. The highest BCUT2D eigenvalue weighted by Gasteiger charge is 2.13. The maximum absolute atomic E-state index is 13.2. The smallest absolute Gasteiger partial charge is 0.257 e. The highest BCUT2D eigenvalue weighted by molar-refractivity contribution is 6.33. The number of benzene rings is 2. The van der Waals surface area contributed by atoms with Gasteiger partial charge in [-0.25, -0.2) is 8.78 Å². The van der Waals surface area contributed by atoms with Crippen molar-refractivity contribution in [3.05, 3.63) is 88.7 Å². The molecule has 3 aromatic rings. The Balaban J connectivity index is 1.76. The first kappa shape index (κ1) is 18.5. The SMILES string of the molecule is O=C(Nc1ccc(F)c(F)c1)c1cncc(C(=O)Nc2ccccc2Cl)c1. The first-order chi connectivity index (χ1) is 12.9. The summed E-state index contributed by atoms with van der Waals surface area (Å²) >= 11 is 6.00. The fourth-order valence-corrected chi connectivity index (χ4v) is 2.41. The normalized spacial score (nSPS) is 10.3. The van der Waals surface area contributed by atoms with E-state index in [9.17, 15) is 18.4 Å². The summed E-state index contributed by atoms with van der Waals surface area (Å²) in [6, 6.07) is 11.0. The maximum atomic E-state index is 13.2. The van der Waals surface area contributed by atoms with Gasteiger partial charge in [0.1, 0.15) is 0 Å². The van der Waals surface area contributed by atoms with E-state index < -0.39 is 23.4 Å². The van der Waals surface area contributed by atoms with Crippen LogP contribution in [0.1, 0.15) is 20.7 Å². The zero-order chi connectivity index (χ0) is 19.4. The number of hydrogen-bond acceptors (Lipinski definition) is 3. The molecule has 0 aliphatic heterocycles. The largest absolute Gasteiger partial charge is 0.322 e. The van der Waals surface area contributed by atoms with Crippen molar-refractivity contribution in [1.82, 2.24) is 4.98 Å². The van der Waals surface area contributed by atoms with Crippen LogP contribution in [-0.2, 0) is 0 Å². The summed E-state index contributed by atoms with van der Waals surface area (Å²) in [6.07, 6.45) is 2.54. The third kappa shape index (κ3) is 4.45. The van der Waals surface area contributed by atoms with Crippen molar-refractivity contribution in [2.45, 2.75) is 0 Å². The Labute approximate surface area is 158 Å². The Morgan fingerprint density at radius 3 is 2.19 bits per heavy atom. The van der Waals surface area contributed by atoms with E-state index in [4.69, 9.17) is 11.6 Å². The number of halogens is 3. The molecule has 2 amide bonds. The van der Waals surface area contributed by atoms with Gasteiger partial charge in [-0.2, -0.15) is 0 Å². The molecular formula is C19H12ClF2N3O2. The number of pyridine rings is 1. The van der Waals surface area contributed by atoms with Crippen molar-refractivity contribution < 1.29 is 18.4 Å². The predicted molar refractivity (Wildman–Crippen MR) is 98.0 cm³/mol. The molecule has 27 heavy (non-hydrogen) atoms. The second-order valence-corrected chi connectivity index (χ2v) is 5.89. The lowest BCUT2D eigenvalue weighted by atomic mass is 10.1. The summed E-state index contributed by atoms with van der Waals surface area (Å²) in [7, 11) is 0. The summed E-state index contributed by atoms with van der Waals surface area (Å²) in [5, 5.41) is 5.40. The van der Waals surface area contributed by atoms with Crippen LogP contribution in [0, 0.1) is 11.6 Å². The molecule has 0 aliphatic carbocycles. The molecular weight excluding hydrogens is 376 g/mol. The van der Waals surface area contributed by atoms with Crippen molar-refractivity contribution in [2.24, 2.45) is 0 Å². The van der Waals surface area contributed by atoms with Crippen LogP contribution in [0.5, 0.6) is 0 Å². The van der Waals surface area contributed by atoms with Gasteiger partial charge >= 0.3 is 0 Å². The molecule has 3 rings (SSSR count). The second kappa shape index (κ2) is 7.92. The molecule has 0 saturated carbocycles. The number of carbonyl (C=O) groups is 2. The number of aromatic nitrogens is 1. The van der Waals surface area contributed by atoms with E-state index in [1.165, 1.54) is 24.5 Å². The number of anilines is 2. The van der Waals surface area contributed by atoms with Gasteiger partial charge in [-0.1, -0.05) is 23.7 Å². The minimum atomic E-state index is -1.08. The van der Waals surface area contributed by atoms with Crippen molar-refractivity contribution >= 4 is 34.8 Å². The first-order valence-corrected chi connectivity index (χ1v) is 8.09. The summed E-state index contributed by atoms with van der Waals surface area (Å²) in [6.45, 7) is 0. The molecule has 0 radical (unpaired) electrons. The monoisotopic (exact) mass is 387 g/mol. The van der Waals surface area contributed by atoms with E-state index in [1.54, 1.807) is 24.3 Å². The maximum Gasteiger partial charge on any atom is 0.257 e. The fourth-order valence-electron chi connectivity index (χ4n) is 2.22. The Morgan fingerprint density at radius 1 is 0.852 bits per heavy atom. The number of para-hydroxylation sites is 1. The summed E-state index contributed by atoms with van der Waals surface area (Å²) in [4.78, 5) is 28.5. The minimum Gasteiger partial charge on any atom is -0.322 e. The molecule has 1 aromatic heterocycles. The van der Waals surface area contributed by atoms with Crippen molar-refractivity contribution in [1.29, 1.82) is 0 Å². The molecule has 0 aliphatic rings. The van der Waals surface area contributed by atoms with Gasteiger partial charge in [-0.05, 0) is 30.3 Å². The van der Waals surface area contributed by atoms with E-state index in [2.05, 4.69) is 15.6 Å². The molecule has 0 saturated heterocycles. The Hall–Kier alpha value is -3.32. The van der Waals surface area contributed by atoms with E-state index in [1.807, 2.05) is 0 Å². The fraction of sp³-hybridized carbons (Fsp3) is 0. The topological polar surface area (TPSA) is 71.1 Å². The van der Waals surface area contributed by atoms with Crippen LogP contribution in [-0.4, -0.2) is 16.8 Å². The zero-order valence-electron chi connectivity index (χ0n) is 13.7. The molecule has 0 fully saturated rings. The van der Waals surface area contributed by atoms with Gasteiger partial charge in [0.05, 0.1) is 21.8 Å². The van der Waals surface area contributed by atoms with Crippen LogP contribution in [0.2, 0.25) is 5.02 Å². The highest BCUT2D eigenvalue weighted by Crippen LogP contribution is 2.21. The molecule has 1 heterocycles. The van der Waals surface area contributed by atoms with Crippen molar-refractivity contribution in [3.63, 3.8) is 0 Å². The van der Waals surface area contributed by atoms with Gasteiger partial charge in [0, 0.05) is 24.1 Å². The molecule has 0 atom stereocenters. The van der Waals surface area contributed by atoms with Gasteiger partial charge < -0.3 is 10.6 Å². The number of rotatable bonds is 4. The summed E-state index contributed by atoms with van der Waals surface area (Å²) < 4.78 is 26.2. The van der Waals surface area contributed by atoms with Crippen LogP contribution < -0.4 is 10.6 Å². The van der Waals surface area contributed by atoms with Gasteiger partial charge in [-0.3, -0.25) is 14.6 Å². The number of nitrogens with one attached hydrogen (secondary N) is 2. The zero-order valence-corrected chi connectivity index (χ0v) is 14.4. The number of nitrogens with zero attached hydrogens (tertiary/aromatic N) is 1. The third-order valence-corrected chi connectivity index (χ3v) is 3.89. The Kier molecular flexibility index (Phi) is 5.42. The predicted octanol–water partition coefficient (Wildman–Crippen LogP) is 4.52. The third-order valence-electron chi connectivity index (χ3n) is 3.56. The minimum absolute atomic E-state index is 0.0739. The molecule has 8 heteroatoms. The molecule has 136 valence electrons. The van der Waals surface area contributed by atoms with Crippen molar-refractivity contribution in [2.75, 3.05) is 10.6 Å². The molecule has 0 spiro atoms. The van der Waals surface area contributed by atoms with E-state index in [0.29, 0.717) is 10.7 Å². The Bertz CT molecular complexity index is 1030. The molecule has 0 bridgehead atoms. The lowest BCUT2D eigenvalue weighted by molar-refractivity contribution is 0.102. The van der Waals surface area contributed by atoms with Gasteiger partial charge in [0.15, 0.2) is 11.6 Å². The van der Waals surface area contributed by atoms with E-state index in [-0.39, 0.29) is 16.8 Å². The lowest BCUT2D eigenvalue weighted by Gasteiger charge is -2.09. The molecule has 2 N–H and O–H groups in total. The van der Waals surface area contributed by atoms with E-state index in [0.717, 1.165) is 12.1 Å². The highest BCUT2D eigenvalue weighted by atomic mass is 35.5. The standard InChI is InChI=1S/C19H12ClF2N3O2/c20-14-3-1-2-4-17(14)25-19(27)12-7-11(9-23-10-12)18(26)24-13-5-6-15(21)16(22)8-13/h1-10H,(H,24,26)(H,25,27). The van der Waals surface area contributed by atoms with E-state index >= 15 is 0 Å². The van der Waals surface area contributed by atoms with Gasteiger partial charge in [0.25, 0.3) is 11.8 Å². The summed E-state index contributed by atoms with van der Waals surface area (Å²) in [5.41, 5.74) is 0.699. The van der Waals surface area contributed by atoms with Crippen molar-refractivity contribution in [3.8, 4) is 0 Å². The number of hydrogen-bond donors (Lipinski definition) is 2. The second-order valence-electron chi connectivity index (χ2n) is 5.48. The molecule has 2 aromatic carbocycles. The molecule has 5 nitrogen and oxygen atoms in total. The van der Waals surface area contributed by atoms with Crippen LogP contribution in [0.25, 0.3) is 0 Å². The quantitative estimate of drug-likeness (QED) is 0.691. The number of carbonyl (C=O) groups excluding carboxylic acids is 2. The van der Waals surface area contributed by atoms with Crippen LogP contribution in [0.3, 0.4) is 0 Å². The Morgan fingerprint density at radius 2 is 1.52 bits per heavy atom. The van der Waals surface area contributed by atoms with Gasteiger partial charge in [-0.15, -0.1) is 0 Å². The average Bonchev–Trinajstić information content (AvgIpc) is 2.66. The van der Waals surface area contributed by atoms with Gasteiger partial charge in [0.2, 0.25) is 0 Å². The van der Waals surface area contributed by atoms with Crippen LogP contribution >= 0.6 is 11.6 Å². The average molecular weight is 388 g/mol. The van der Waals surface area contributed by atoms with Crippen LogP contribution in [0.15, 0.2) is 60.9 Å². The number of amides is 2. The lowest BCUT2D eigenvalue weighted by Crippen LogP contribution is -2.16. The summed E-state index contributed by atoms with van der Waals surface area (Å²) in [5.74, 6) is -3.23. The van der Waals surface area contributed by atoms with Crippen LogP contribution in [0.4, 0.5) is 20.2 Å².